The summed E-state index contributed by atoms with van der Waals surface area (Å²) in [5.74, 6) is 0. The molecule has 1 aromatic carbocycles. The lowest BCUT2D eigenvalue weighted by Gasteiger charge is -2.01. The number of halogens is 3. The Kier molecular flexibility index (Phi) is 3.75. The smallest absolute Gasteiger partial charge is 0.235 e. The van der Waals surface area contributed by atoms with Crippen LogP contribution in [0.4, 0.5) is 0 Å². The Morgan fingerprint density at radius 1 is 1.21 bits per heavy atom. The second-order valence-electron chi connectivity index (χ2n) is 2.36. The van der Waals surface area contributed by atoms with Gasteiger partial charge < -0.3 is 0 Å². The van der Waals surface area contributed by atoms with Gasteiger partial charge in [-0.2, -0.15) is 0 Å². The van der Waals surface area contributed by atoms with Crippen molar-refractivity contribution in [2.45, 2.75) is 0 Å². The minimum atomic E-state index is -0.604. The maximum absolute atomic E-state index is 10.1. The first-order valence-corrected chi connectivity index (χ1v) is 4.61. The third kappa shape index (κ3) is 2.61. The zero-order chi connectivity index (χ0) is 10.7. The molecule has 0 N–H and O–H groups in total. The average Bonchev–Trinajstić information content (AvgIpc) is 2.11. The van der Waals surface area contributed by atoms with Gasteiger partial charge in [-0.1, -0.05) is 34.8 Å². The van der Waals surface area contributed by atoms with E-state index in [0.29, 0.717) is 15.6 Å². The molecule has 0 saturated heterocycles. The van der Waals surface area contributed by atoms with Crippen molar-refractivity contribution in [1.29, 1.82) is 0 Å². The molecular formula is C8H4Cl3NO2. The van der Waals surface area contributed by atoms with E-state index in [1.54, 1.807) is 0 Å². The van der Waals surface area contributed by atoms with E-state index in [0.717, 1.165) is 6.20 Å². The Labute approximate surface area is 95.0 Å². The Morgan fingerprint density at radius 3 is 2.36 bits per heavy atom. The van der Waals surface area contributed by atoms with Crippen molar-refractivity contribution in [1.82, 2.24) is 0 Å². The van der Waals surface area contributed by atoms with Crippen LogP contribution in [0.25, 0.3) is 6.08 Å². The van der Waals surface area contributed by atoms with Crippen molar-refractivity contribution < 1.29 is 4.92 Å². The molecule has 0 bridgehead atoms. The second-order valence-corrected chi connectivity index (χ2v) is 3.55. The van der Waals surface area contributed by atoms with Crippen LogP contribution in [-0.2, 0) is 0 Å². The van der Waals surface area contributed by atoms with Gasteiger partial charge in [-0.05, 0) is 12.1 Å². The van der Waals surface area contributed by atoms with Crippen LogP contribution < -0.4 is 0 Å². The molecule has 0 unspecified atom stereocenters. The summed E-state index contributed by atoms with van der Waals surface area (Å²) in [4.78, 5) is 9.48. The summed E-state index contributed by atoms with van der Waals surface area (Å²) in [6.45, 7) is 0. The summed E-state index contributed by atoms with van der Waals surface area (Å²) >= 11 is 17.3. The molecule has 1 rings (SSSR count). The van der Waals surface area contributed by atoms with Crippen LogP contribution in [-0.4, -0.2) is 4.92 Å². The van der Waals surface area contributed by atoms with Crippen molar-refractivity contribution in [3.8, 4) is 0 Å². The third-order valence-corrected chi connectivity index (χ3v) is 2.59. The van der Waals surface area contributed by atoms with Crippen LogP contribution in [0.3, 0.4) is 0 Å². The summed E-state index contributed by atoms with van der Waals surface area (Å²) in [6, 6.07) is 3.05. The van der Waals surface area contributed by atoms with E-state index >= 15 is 0 Å². The first-order chi connectivity index (χ1) is 6.52. The first kappa shape index (κ1) is 11.3. The third-order valence-electron chi connectivity index (χ3n) is 1.44. The fraction of sp³-hybridized carbons (Fsp3) is 0. The van der Waals surface area contributed by atoms with Gasteiger partial charge in [0.05, 0.1) is 15.0 Å². The van der Waals surface area contributed by atoms with E-state index in [-0.39, 0.29) is 5.02 Å². The van der Waals surface area contributed by atoms with Crippen LogP contribution in [0.2, 0.25) is 15.1 Å². The highest BCUT2D eigenvalue weighted by Crippen LogP contribution is 2.32. The van der Waals surface area contributed by atoms with Crippen LogP contribution in [0.5, 0.6) is 0 Å². The standard InChI is InChI=1S/C8H4Cl3NO2/c9-6-1-2-7(10)8(11)5(6)3-4-12(13)14/h1-4H/b4-3+. The second kappa shape index (κ2) is 4.64. The van der Waals surface area contributed by atoms with Crippen LogP contribution >= 0.6 is 34.8 Å². The molecule has 0 heterocycles. The molecule has 0 saturated carbocycles. The minimum absolute atomic E-state index is 0.206. The summed E-state index contributed by atoms with van der Waals surface area (Å²) in [7, 11) is 0. The molecule has 0 aliphatic heterocycles. The Hall–Kier alpha value is -0.770. The Balaban J connectivity index is 3.19. The quantitative estimate of drug-likeness (QED) is 0.455. The number of hydrogen-bond donors (Lipinski definition) is 0. The molecule has 0 spiro atoms. The molecule has 0 aliphatic rings. The largest absolute Gasteiger partial charge is 0.259 e. The van der Waals surface area contributed by atoms with E-state index in [4.69, 9.17) is 34.8 Å². The molecule has 0 fully saturated rings. The van der Waals surface area contributed by atoms with E-state index in [2.05, 4.69) is 0 Å². The van der Waals surface area contributed by atoms with Gasteiger partial charge in [0.2, 0.25) is 6.20 Å². The Bertz CT molecular complexity index is 404. The monoisotopic (exact) mass is 251 g/mol. The van der Waals surface area contributed by atoms with Gasteiger partial charge in [0, 0.05) is 16.7 Å². The lowest BCUT2D eigenvalue weighted by Crippen LogP contribution is -1.84. The molecule has 0 aliphatic carbocycles. The highest BCUT2D eigenvalue weighted by molar-refractivity contribution is 6.44. The zero-order valence-corrected chi connectivity index (χ0v) is 8.97. The van der Waals surface area contributed by atoms with Crippen LogP contribution in [0.15, 0.2) is 18.3 Å². The molecule has 0 aromatic heterocycles. The summed E-state index contributed by atoms with van der Waals surface area (Å²) < 4.78 is 0. The van der Waals surface area contributed by atoms with E-state index < -0.39 is 4.92 Å². The maximum Gasteiger partial charge on any atom is 0.235 e. The van der Waals surface area contributed by atoms with Gasteiger partial charge in [0.15, 0.2) is 0 Å². The number of hydrogen-bond acceptors (Lipinski definition) is 2. The molecule has 0 atom stereocenters. The van der Waals surface area contributed by atoms with Crippen LogP contribution in [0.1, 0.15) is 5.56 Å². The van der Waals surface area contributed by atoms with Crippen molar-refractivity contribution >= 4 is 40.9 Å². The Morgan fingerprint density at radius 2 is 1.79 bits per heavy atom. The molecule has 74 valence electrons. The van der Waals surface area contributed by atoms with Gasteiger partial charge in [0.1, 0.15) is 0 Å². The predicted octanol–water partition coefficient (Wildman–Crippen LogP) is 3.89. The van der Waals surface area contributed by atoms with E-state index in [1.807, 2.05) is 0 Å². The maximum atomic E-state index is 10.1. The molecule has 6 heteroatoms. The summed E-state index contributed by atoms with van der Waals surface area (Å²) in [5, 5.41) is 10.9. The van der Waals surface area contributed by atoms with Crippen molar-refractivity contribution in [3.63, 3.8) is 0 Å². The highest BCUT2D eigenvalue weighted by Gasteiger charge is 2.07. The summed E-state index contributed by atoms with van der Waals surface area (Å²) in [6.07, 6.45) is 1.96. The van der Waals surface area contributed by atoms with Gasteiger partial charge in [-0.25, -0.2) is 0 Å². The number of rotatable bonds is 2. The lowest BCUT2D eigenvalue weighted by atomic mass is 10.2. The average molecular weight is 252 g/mol. The predicted molar refractivity (Wildman–Crippen MR) is 57.5 cm³/mol. The highest BCUT2D eigenvalue weighted by atomic mass is 35.5. The van der Waals surface area contributed by atoms with Crippen molar-refractivity contribution in [2.24, 2.45) is 0 Å². The molecule has 3 nitrogen and oxygen atoms in total. The van der Waals surface area contributed by atoms with Gasteiger partial charge in [0.25, 0.3) is 0 Å². The van der Waals surface area contributed by atoms with Gasteiger partial charge in [-0.15, -0.1) is 0 Å². The fourth-order valence-electron chi connectivity index (χ4n) is 0.831. The number of nitro groups is 1. The van der Waals surface area contributed by atoms with Gasteiger partial charge >= 0.3 is 0 Å². The van der Waals surface area contributed by atoms with Crippen molar-refractivity contribution in [3.05, 3.63) is 49.1 Å². The number of nitrogens with zero attached hydrogens (tertiary/aromatic N) is 1. The molecule has 1 aromatic rings. The lowest BCUT2D eigenvalue weighted by molar-refractivity contribution is -0.400. The zero-order valence-electron chi connectivity index (χ0n) is 6.71. The topological polar surface area (TPSA) is 43.1 Å². The van der Waals surface area contributed by atoms with Gasteiger partial charge in [-0.3, -0.25) is 10.1 Å². The van der Waals surface area contributed by atoms with Crippen molar-refractivity contribution in [2.75, 3.05) is 0 Å². The SMILES string of the molecule is O=[N+]([O-])/C=C/c1c(Cl)ccc(Cl)c1Cl. The number of benzene rings is 1. The molecule has 0 amide bonds. The van der Waals surface area contributed by atoms with Crippen LogP contribution in [0, 0.1) is 10.1 Å². The molecule has 14 heavy (non-hydrogen) atoms. The normalized spacial score (nSPS) is 10.8. The van der Waals surface area contributed by atoms with E-state index in [9.17, 15) is 10.1 Å². The molecule has 0 radical (unpaired) electrons. The first-order valence-electron chi connectivity index (χ1n) is 3.47. The summed E-state index contributed by atoms with van der Waals surface area (Å²) in [5.41, 5.74) is 0.345. The fourth-order valence-corrected chi connectivity index (χ4v) is 1.49. The van der Waals surface area contributed by atoms with E-state index in [1.165, 1.54) is 18.2 Å². The molecular weight excluding hydrogens is 248 g/mol. The minimum Gasteiger partial charge on any atom is -0.259 e.